The number of anilines is 3. The maximum Gasteiger partial charge on any atom is 0.0687 e. The Morgan fingerprint density at radius 2 is 1.02 bits per heavy atom. The van der Waals surface area contributed by atoms with E-state index in [0.717, 1.165) is 17.1 Å². The Kier molecular flexibility index (Phi) is 6.83. The SMILES string of the molecule is c1ccc2c(c1)Sc1c(-c3ccc(N(c4ccc(-c5cccc6ccccc56)cc4)c4ccc5ccccc5c4)cc3)ccc3c4ccccc4n-2c13. The van der Waals surface area contributed by atoms with E-state index in [0.29, 0.717) is 0 Å². The fraction of sp³-hybridized carbons (Fsp3) is 0. The third kappa shape index (κ3) is 4.82. The van der Waals surface area contributed by atoms with Crippen molar-refractivity contribution in [3.05, 3.63) is 194 Å². The topological polar surface area (TPSA) is 8.17 Å². The highest BCUT2D eigenvalue weighted by Crippen LogP contribution is 2.50. The van der Waals surface area contributed by atoms with Crippen LogP contribution in [0.3, 0.4) is 0 Å². The molecule has 248 valence electrons. The van der Waals surface area contributed by atoms with E-state index in [4.69, 9.17) is 0 Å². The zero-order valence-corrected chi connectivity index (χ0v) is 29.6. The normalized spacial score (nSPS) is 12.1. The van der Waals surface area contributed by atoms with E-state index < -0.39 is 0 Å². The Morgan fingerprint density at radius 3 is 1.83 bits per heavy atom. The first-order chi connectivity index (χ1) is 26.3. The molecule has 1 aliphatic rings. The largest absolute Gasteiger partial charge is 0.310 e. The lowest BCUT2D eigenvalue weighted by molar-refractivity contribution is 1.09. The number of rotatable bonds is 5. The van der Waals surface area contributed by atoms with Crippen molar-refractivity contribution in [2.45, 2.75) is 9.79 Å². The van der Waals surface area contributed by atoms with Crippen molar-refractivity contribution in [1.29, 1.82) is 0 Å². The summed E-state index contributed by atoms with van der Waals surface area (Å²) in [5, 5.41) is 7.57. The molecule has 11 rings (SSSR count). The van der Waals surface area contributed by atoms with E-state index in [-0.39, 0.29) is 0 Å². The van der Waals surface area contributed by atoms with Crippen LogP contribution in [0.15, 0.2) is 204 Å². The Bertz CT molecular complexity index is 3020. The van der Waals surface area contributed by atoms with Crippen LogP contribution >= 0.6 is 11.8 Å². The monoisotopic (exact) mass is 692 g/mol. The lowest BCUT2D eigenvalue weighted by Gasteiger charge is -2.26. The predicted molar refractivity (Wildman–Crippen MR) is 225 cm³/mol. The molecule has 0 N–H and O–H groups in total. The van der Waals surface area contributed by atoms with Gasteiger partial charge in [0.1, 0.15) is 0 Å². The molecule has 0 atom stereocenters. The summed E-state index contributed by atoms with van der Waals surface area (Å²) < 4.78 is 2.47. The smallest absolute Gasteiger partial charge is 0.0687 e. The first-order valence-corrected chi connectivity index (χ1v) is 18.9. The molecule has 2 heterocycles. The number of nitrogens with zero attached hydrogens (tertiary/aromatic N) is 2. The second-order valence-electron chi connectivity index (χ2n) is 13.7. The lowest BCUT2D eigenvalue weighted by atomic mass is 9.98. The van der Waals surface area contributed by atoms with Gasteiger partial charge in [0.2, 0.25) is 0 Å². The van der Waals surface area contributed by atoms with Gasteiger partial charge in [-0.25, -0.2) is 0 Å². The second kappa shape index (κ2) is 12.0. The molecule has 10 aromatic rings. The van der Waals surface area contributed by atoms with Crippen LogP contribution in [0, 0.1) is 0 Å². The molecule has 0 saturated carbocycles. The minimum atomic E-state index is 1.11. The van der Waals surface area contributed by atoms with Gasteiger partial charge < -0.3 is 9.47 Å². The Morgan fingerprint density at radius 1 is 0.396 bits per heavy atom. The fourth-order valence-electron chi connectivity index (χ4n) is 8.27. The van der Waals surface area contributed by atoms with Crippen LogP contribution in [0.4, 0.5) is 17.1 Å². The summed E-state index contributed by atoms with van der Waals surface area (Å²) in [6, 6.07) is 70.9. The van der Waals surface area contributed by atoms with E-state index in [2.05, 4.69) is 204 Å². The van der Waals surface area contributed by atoms with Crippen LogP contribution < -0.4 is 4.90 Å². The maximum absolute atomic E-state index is 2.47. The van der Waals surface area contributed by atoms with Gasteiger partial charge >= 0.3 is 0 Å². The number of para-hydroxylation sites is 2. The standard InChI is InChI=1S/C50H32N2S/c1-2-12-37-32-40(29-20-33(37)10-1)51(38-25-21-35(22-26-38)42-16-9-13-34-11-3-4-14-41(34)42)39-27-23-36(24-28-39)43-30-31-45-44-15-5-6-17-46(44)52-47-18-7-8-19-48(47)53-50(43)49(45)52/h1-32H. The second-order valence-corrected chi connectivity index (χ2v) is 14.8. The number of hydrogen-bond acceptors (Lipinski definition) is 2. The van der Waals surface area contributed by atoms with Crippen LogP contribution in [0.25, 0.3) is 71.3 Å². The van der Waals surface area contributed by atoms with Crippen molar-refractivity contribution in [3.63, 3.8) is 0 Å². The van der Waals surface area contributed by atoms with Gasteiger partial charge in [-0.05, 0) is 98.4 Å². The summed E-state index contributed by atoms with van der Waals surface area (Å²) in [4.78, 5) is 4.96. The predicted octanol–water partition coefficient (Wildman–Crippen LogP) is 14.4. The summed E-state index contributed by atoms with van der Waals surface area (Å²) in [7, 11) is 0. The molecular weight excluding hydrogens is 661 g/mol. The number of aromatic nitrogens is 1. The van der Waals surface area contributed by atoms with Gasteiger partial charge in [-0.1, -0.05) is 151 Å². The van der Waals surface area contributed by atoms with Gasteiger partial charge in [-0.3, -0.25) is 0 Å². The first kappa shape index (κ1) is 30.1. The van der Waals surface area contributed by atoms with Crippen LogP contribution in [0.1, 0.15) is 0 Å². The van der Waals surface area contributed by atoms with Crippen LogP contribution in [-0.4, -0.2) is 4.57 Å². The fourth-order valence-corrected chi connectivity index (χ4v) is 9.49. The number of hydrogen-bond donors (Lipinski definition) is 0. The van der Waals surface area contributed by atoms with E-state index in [1.165, 1.54) is 81.1 Å². The van der Waals surface area contributed by atoms with Gasteiger partial charge in [0, 0.05) is 37.6 Å². The van der Waals surface area contributed by atoms with Crippen molar-refractivity contribution in [2.75, 3.05) is 4.90 Å². The highest BCUT2D eigenvalue weighted by Gasteiger charge is 2.25. The van der Waals surface area contributed by atoms with Crippen LogP contribution in [-0.2, 0) is 0 Å². The molecule has 0 fully saturated rings. The van der Waals surface area contributed by atoms with Gasteiger partial charge in [0.25, 0.3) is 0 Å². The molecule has 2 nitrogen and oxygen atoms in total. The molecule has 1 aromatic heterocycles. The van der Waals surface area contributed by atoms with E-state index >= 15 is 0 Å². The summed E-state index contributed by atoms with van der Waals surface area (Å²) in [5.74, 6) is 0. The molecule has 0 unspecified atom stereocenters. The van der Waals surface area contributed by atoms with Crippen LogP contribution in [0.5, 0.6) is 0 Å². The highest BCUT2D eigenvalue weighted by molar-refractivity contribution is 8.00. The Labute approximate surface area is 312 Å². The highest BCUT2D eigenvalue weighted by atomic mass is 32.2. The third-order valence-corrected chi connectivity index (χ3v) is 11.9. The Hall–Kier alpha value is -6.55. The minimum Gasteiger partial charge on any atom is -0.310 e. The van der Waals surface area contributed by atoms with E-state index in [9.17, 15) is 0 Å². The molecule has 0 amide bonds. The number of benzene rings is 9. The molecule has 3 heteroatoms. The van der Waals surface area contributed by atoms with Crippen molar-refractivity contribution >= 4 is 72.2 Å². The van der Waals surface area contributed by atoms with Crippen LogP contribution in [0.2, 0.25) is 0 Å². The summed E-state index contributed by atoms with van der Waals surface area (Å²) in [5.41, 5.74) is 12.1. The number of fused-ring (bicyclic) bond motifs is 7. The quantitative estimate of drug-likeness (QED) is 0.177. The molecule has 1 aliphatic heterocycles. The Balaban J connectivity index is 1.04. The van der Waals surface area contributed by atoms with E-state index in [1.807, 2.05) is 11.8 Å². The zero-order chi connectivity index (χ0) is 34.9. The van der Waals surface area contributed by atoms with Gasteiger partial charge in [0.15, 0.2) is 0 Å². The van der Waals surface area contributed by atoms with Gasteiger partial charge in [-0.2, -0.15) is 0 Å². The minimum absolute atomic E-state index is 1.11. The zero-order valence-electron chi connectivity index (χ0n) is 28.8. The molecule has 53 heavy (non-hydrogen) atoms. The molecule has 0 radical (unpaired) electrons. The van der Waals surface area contributed by atoms with Crippen molar-refractivity contribution < 1.29 is 0 Å². The van der Waals surface area contributed by atoms with Gasteiger partial charge in [-0.15, -0.1) is 0 Å². The summed E-state index contributed by atoms with van der Waals surface area (Å²) in [6.07, 6.45) is 0. The van der Waals surface area contributed by atoms with E-state index in [1.54, 1.807) is 0 Å². The third-order valence-electron chi connectivity index (χ3n) is 10.8. The molecule has 0 bridgehead atoms. The molecule has 0 spiro atoms. The average molecular weight is 693 g/mol. The van der Waals surface area contributed by atoms with Gasteiger partial charge in [0.05, 0.1) is 16.7 Å². The van der Waals surface area contributed by atoms with Crippen molar-refractivity contribution in [1.82, 2.24) is 4.57 Å². The molecule has 9 aromatic carbocycles. The average Bonchev–Trinajstić information content (AvgIpc) is 3.57. The molecule has 0 aliphatic carbocycles. The molecular formula is C50H32N2S. The molecule has 0 saturated heterocycles. The maximum atomic E-state index is 2.47. The summed E-state index contributed by atoms with van der Waals surface area (Å²) in [6.45, 7) is 0. The summed E-state index contributed by atoms with van der Waals surface area (Å²) >= 11 is 1.89. The first-order valence-electron chi connectivity index (χ1n) is 18.1. The van der Waals surface area contributed by atoms with Crippen molar-refractivity contribution in [2.24, 2.45) is 0 Å². The lowest BCUT2D eigenvalue weighted by Crippen LogP contribution is -2.10. The van der Waals surface area contributed by atoms with Crippen molar-refractivity contribution in [3.8, 4) is 27.9 Å².